The highest BCUT2D eigenvalue weighted by Gasteiger charge is 2.09. The van der Waals surface area contributed by atoms with Crippen molar-refractivity contribution in [1.29, 1.82) is 5.26 Å². The molecule has 0 amide bonds. The van der Waals surface area contributed by atoms with Gasteiger partial charge in [-0.05, 0) is 48.5 Å². The van der Waals surface area contributed by atoms with Crippen molar-refractivity contribution >= 4 is 11.9 Å². The van der Waals surface area contributed by atoms with Crippen LogP contribution in [0.15, 0.2) is 61.2 Å². The Kier molecular flexibility index (Phi) is 7.61. The molecule has 0 radical (unpaired) electrons. The van der Waals surface area contributed by atoms with E-state index in [1.165, 1.54) is 6.08 Å². The van der Waals surface area contributed by atoms with E-state index in [4.69, 9.17) is 19.5 Å². The highest BCUT2D eigenvalue weighted by molar-refractivity contribution is 5.91. The van der Waals surface area contributed by atoms with Crippen molar-refractivity contribution in [3.05, 3.63) is 72.3 Å². The Morgan fingerprint density at radius 1 is 1.00 bits per heavy atom. The van der Waals surface area contributed by atoms with E-state index in [-0.39, 0.29) is 19.0 Å². The zero-order valence-corrected chi connectivity index (χ0v) is 14.7. The van der Waals surface area contributed by atoms with E-state index in [1.54, 1.807) is 48.5 Å². The summed E-state index contributed by atoms with van der Waals surface area (Å²) >= 11 is 0. The van der Waals surface area contributed by atoms with Crippen LogP contribution in [0.4, 0.5) is 0 Å². The van der Waals surface area contributed by atoms with Gasteiger partial charge in [0.1, 0.15) is 11.5 Å². The lowest BCUT2D eigenvalue weighted by molar-refractivity contribution is -0.142. The van der Waals surface area contributed by atoms with Gasteiger partial charge >= 0.3 is 11.9 Å². The van der Waals surface area contributed by atoms with E-state index in [0.29, 0.717) is 35.7 Å². The molecule has 0 fully saturated rings. The number of nitriles is 1. The molecule has 0 heterocycles. The van der Waals surface area contributed by atoms with Crippen molar-refractivity contribution in [1.82, 2.24) is 0 Å². The second-order valence-corrected chi connectivity index (χ2v) is 5.47. The first-order valence-electron chi connectivity index (χ1n) is 8.34. The molecule has 2 rings (SSSR count). The van der Waals surface area contributed by atoms with Crippen LogP contribution >= 0.6 is 0 Å². The van der Waals surface area contributed by atoms with Crippen LogP contribution in [-0.2, 0) is 9.53 Å². The third-order valence-electron chi connectivity index (χ3n) is 3.42. The molecule has 0 bridgehead atoms. The van der Waals surface area contributed by atoms with Crippen LogP contribution in [0.3, 0.4) is 0 Å². The third kappa shape index (κ3) is 6.67. The van der Waals surface area contributed by atoms with Crippen LogP contribution in [0.25, 0.3) is 0 Å². The number of carbonyl (C=O) groups excluding carboxylic acids is 2. The third-order valence-corrected chi connectivity index (χ3v) is 3.42. The quantitative estimate of drug-likeness (QED) is 0.292. The van der Waals surface area contributed by atoms with E-state index in [9.17, 15) is 9.59 Å². The van der Waals surface area contributed by atoms with Gasteiger partial charge < -0.3 is 14.2 Å². The second kappa shape index (κ2) is 10.4. The summed E-state index contributed by atoms with van der Waals surface area (Å²) in [7, 11) is 0. The summed E-state index contributed by atoms with van der Waals surface area (Å²) in [4.78, 5) is 23.3. The van der Waals surface area contributed by atoms with E-state index in [1.807, 2.05) is 6.07 Å². The van der Waals surface area contributed by atoms with Gasteiger partial charge in [-0.25, -0.2) is 4.79 Å². The monoisotopic (exact) mass is 365 g/mol. The normalized spacial score (nSPS) is 9.74. The van der Waals surface area contributed by atoms with Crippen molar-refractivity contribution in [2.24, 2.45) is 0 Å². The summed E-state index contributed by atoms with van der Waals surface area (Å²) < 4.78 is 15.8. The van der Waals surface area contributed by atoms with Crippen LogP contribution < -0.4 is 9.47 Å². The van der Waals surface area contributed by atoms with Crippen LogP contribution in [0.5, 0.6) is 11.5 Å². The average molecular weight is 365 g/mol. The lowest BCUT2D eigenvalue weighted by atomic mass is 10.2. The van der Waals surface area contributed by atoms with Gasteiger partial charge in [0.15, 0.2) is 0 Å². The van der Waals surface area contributed by atoms with Crippen molar-refractivity contribution < 1.29 is 23.8 Å². The highest BCUT2D eigenvalue weighted by Crippen LogP contribution is 2.16. The zero-order valence-electron chi connectivity index (χ0n) is 14.7. The number of ether oxygens (including phenoxy) is 3. The number of rotatable bonds is 9. The van der Waals surface area contributed by atoms with Crippen molar-refractivity contribution in [2.75, 3.05) is 13.2 Å². The fraction of sp³-hybridized carbons (Fsp3) is 0.190. The van der Waals surface area contributed by atoms with E-state index in [2.05, 4.69) is 6.58 Å². The van der Waals surface area contributed by atoms with Crippen LogP contribution in [0, 0.1) is 11.3 Å². The molecule has 0 N–H and O–H groups in total. The van der Waals surface area contributed by atoms with Gasteiger partial charge in [0.2, 0.25) is 0 Å². The number of hydrogen-bond acceptors (Lipinski definition) is 6. The first-order chi connectivity index (χ1) is 13.1. The summed E-state index contributed by atoms with van der Waals surface area (Å²) in [6.45, 7) is 4.13. The molecule has 2 aromatic carbocycles. The highest BCUT2D eigenvalue weighted by atomic mass is 16.5. The standard InChI is InChI=1S/C21H19NO5/c1-2-4-20(23)26-14-3-13-25-18-11-7-17(8-12-18)21(24)27-19-9-5-16(15-22)6-10-19/h2,5-12H,1,3-4,13-14H2. The average Bonchev–Trinajstić information content (AvgIpc) is 2.69. The molecule has 0 saturated heterocycles. The molecule has 0 aliphatic rings. The fourth-order valence-corrected chi connectivity index (χ4v) is 2.06. The summed E-state index contributed by atoms with van der Waals surface area (Å²) in [6.07, 6.45) is 2.25. The number of esters is 2. The Bertz CT molecular complexity index is 819. The maximum absolute atomic E-state index is 12.1. The Hall–Kier alpha value is -3.59. The predicted octanol–water partition coefficient (Wildman–Crippen LogP) is 3.67. The maximum Gasteiger partial charge on any atom is 0.343 e. The molecular weight excluding hydrogens is 346 g/mol. The molecule has 0 atom stereocenters. The van der Waals surface area contributed by atoms with Gasteiger partial charge in [0.05, 0.1) is 36.8 Å². The summed E-state index contributed by atoms with van der Waals surface area (Å²) in [6, 6.07) is 14.8. The lowest BCUT2D eigenvalue weighted by Gasteiger charge is -2.08. The minimum atomic E-state index is -0.500. The molecule has 0 unspecified atom stereocenters. The molecule has 0 aromatic heterocycles. The van der Waals surface area contributed by atoms with Gasteiger partial charge in [-0.15, -0.1) is 6.58 Å². The molecule has 2 aromatic rings. The van der Waals surface area contributed by atoms with Gasteiger partial charge in [0.25, 0.3) is 0 Å². The van der Waals surface area contributed by atoms with Gasteiger partial charge in [-0.3, -0.25) is 4.79 Å². The number of hydrogen-bond donors (Lipinski definition) is 0. The first kappa shape index (κ1) is 19.7. The fourth-order valence-electron chi connectivity index (χ4n) is 2.06. The molecule has 27 heavy (non-hydrogen) atoms. The SMILES string of the molecule is C=CCC(=O)OCCCOc1ccc(C(=O)Oc2ccc(C#N)cc2)cc1. The minimum Gasteiger partial charge on any atom is -0.493 e. The Labute approximate surface area is 157 Å². The molecule has 6 heteroatoms. The molecule has 0 aliphatic heterocycles. The topological polar surface area (TPSA) is 85.6 Å². The van der Waals surface area contributed by atoms with Gasteiger partial charge in [-0.1, -0.05) is 6.08 Å². The van der Waals surface area contributed by atoms with Crippen molar-refractivity contribution in [2.45, 2.75) is 12.8 Å². The van der Waals surface area contributed by atoms with Crippen LogP contribution in [0.2, 0.25) is 0 Å². The van der Waals surface area contributed by atoms with Crippen LogP contribution in [0.1, 0.15) is 28.8 Å². The van der Waals surface area contributed by atoms with Crippen LogP contribution in [-0.4, -0.2) is 25.2 Å². The van der Waals surface area contributed by atoms with Crippen molar-refractivity contribution in [3.63, 3.8) is 0 Å². The van der Waals surface area contributed by atoms with Gasteiger partial charge in [-0.2, -0.15) is 5.26 Å². The molecule has 6 nitrogen and oxygen atoms in total. The van der Waals surface area contributed by atoms with E-state index < -0.39 is 5.97 Å². The maximum atomic E-state index is 12.1. The largest absolute Gasteiger partial charge is 0.493 e. The Morgan fingerprint density at radius 3 is 2.30 bits per heavy atom. The number of carbonyl (C=O) groups is 2. The Morgan fingerprint density at radius 2 is 1.67 bits per heavy atom. The smallest absolute Gasteiger partial charge is 0.343 e. The van der Waals surface area contributed by atoms with E-state index in [0.717, 1.165) is 0 Å². The second-order valence-electron chi connectivity index (χ2n) is 5.47. The lowest BCUT2D eigenvalue weighted by Crippen LogP contribution is -2.09. The van der Waals surface area contributed by atoms with E-state index >= 15 is 0 Å². The number of nitrogens with zero attached hydrogens (tertiary/aromatic N) is 1. The summed E-state index contributed by atoms with van der Waals surface area (Å²) in [5.74, 6) is 0.156. The zero-order chi connectivity index (χ0) is 19.5. The van der Waals surface area contributed by atoms with Gasteiger partial charge in [0, 0.05) is 6.42 Å². The molecular formula is C21H19NO5. The first-order valence-corrected chi connectivity index (χ1v) is 8.34. The minimum absolute atomic E-state index is 0.195. The summed E-state index contributed by atoms with van der Waals surface area (Å²) in [5.41, 5.74) is 0.872. The number of benzene rings is 2. The Balaban J connectivity index is 1.76. The molecule has 138 valence electrons. The predicted molar refractivity (Wildman–Crippen MR) is 98.4 cm³/mol. The van der Waals surface area contributed by atoms with Crippen molar-refractivity contribution in [3.8, 4) is 17.6 Å². The summed E-state index contributed by atoms with van der Waals surface area (Å²) in [5, 5.41) is 8.76. The molecule has 0 spiro atoms. The molecule has 0 aliphatic carbocycles. The molecule has 0 saturated carbocycles.